The Hall–Kier alpha value is 0.870. The molecule has 0 aliphatic heterocycles. The van der Waals surface area contributed by atoms with Crippen LogP contribution in [0.3, 0.4) is 0 Å². The van der Waals surface area contributed by atoms with Gasteiger partial charge in [0.1, 0.15) is 0 Å². The van der Waals surface area contributed by atoms with Crippen molar-refractivity contribution in [3.63, 3.8) is 0 Å². The van der Waals surface area contributed by atoms with Crippen LogP contribution >= 0.6 is 0 Å². The number of unbranched alkanes of at least 4 members (excludes halogenated alkanes) is 6. The van der Waals surface area contributed by atoms with Gasteiger partial charge in [0.05, 0.1) is 16.2 Å². The Bertz CT molecular complexity index is 333. The summed E-state index contributed by atoms with van der Waals surface area (Å²) in [4.78, 5) is 0. The summed E-state index contributed by atoms with van der Waals surface area (Å²) < 4.78 is 33.9. The third kappa shape index (κ3) is 14.5. The van der Waals surface area contributed by atoms with Gasteiger partial charge in [0.2, 0.25) is 0 Å². The van der Waals surface area contributed by atoms with E-state index in [-0.39, 0.29) is 29.6 Å². The smallest absolute Gasteiger partial charge is 0.748 e. The zero-order chi connectivity index (χ0) is 16.1. The summed E-state index contributed by atoms with van der Waals surface area (Å²) in [6, 6.07) is 0. The summed E-state index contributed by atoms with van der Waals surface area (Å²) in [6.07, 6.45) is 9.81. The molecule has 2 atom stereocenters. The van der Waals surface area contributed by atoms with E-state index in [0.717, 1.165) is 32.1 Å². The van der Waals surface area contributed by atoms with E-state index >= 15 is 0 Å². The molecule has 0 aromatic rings. The summed E-state index contributed by atoms with van der Waals surface area (Å²) in [5.41, 5.74) is 0. The maximum Gasteiger partial charge on any atom is 1.00 e. The third-order valence-corrected chi connectivity index (χ3v) is 5.29. The van der Waals surface area contributed by atoms with Gasteiger partial charge in [-0.15, -0.1) is 0 Å². The molecule has 0 amide bonds. The second kappa shape index (κ2) is 15.4. The molecule has 0 spiro atoms. The van der Waals surface area contributed by atoms with Gasteiger partial charge in [-0.25, -0.2) is 8.42 Å². The predicted octanol–water partition coefficient (Wildman–Crippen LogP) is 0.986. The first-order valence-corrected chi connectivity index (χ1v) is 10.0. The van der Waals surface area contributed by atoms with Crippen molar-refractivity contribution in [2.24, 2.45) is 0 Å². The quantitative estimate of drug-likeness (QED) is 0.290. The summed E-state index contributed by atoms with van der Waals surface area (Å²) in [6.45, 7) is 4.21. The van der Waals surface area contributed by atoms with Crippen molar-refractivity contribution in [2.75, 3.05) is 0 Å². The molecule has 0 bridgehead atoms. The van der Waals surface area contributed by atoms with Gasteiger partial charge in [-0.2, -0.15) is 0 Å². The molecule has 22 heavy (non-hydrogen) atoms. The molecule has 0 aliphatic carbocycles. The minimum absolute atomic E-state index is 0. The van der Waals surface area contributed by atoms with E-state index in [4.69, 9.17) is 0 Å². The van der Waals surface area contributed by atoms with Gasteiger partial charge in [-0.3, -0.25) is 0 Å². The molecule has 6 heteroatoms. The molecule has 0 heterocycles. The summed E-state index contributed by atoms with van der Waals surface area (Å²) in [5, 5.41) is 8.95. The Morgan fingerprint density at radius 3 is 1.91 bits per heavy atom. The van der Waals surface area contributed by atoms with Gasteiger partial charge in [-0.05, 0) is 25.7 Å². The Kier molecular flexibility index (Phi) is 17.6. The number of aliphatic hydroxyl groups is 1. The van der Waals surface area contributed by atoms with Gasteiger partial charge in [-0.1, -0.05) is 65.2 Å². The maximum absolute atomic E-state index is 11.3. The van der Waals surface area contributed by atoms with E-state index in [1.54, 1.807) is 0 Å². The van der Waals surface area contributed by atoms with Gasteiger partial charge in [0.25, 0.3) is 0 Å². The van der Waals surface area contributed by atoms with Crippen LogP contribution in [0.5, 0.6) is 0 Å². The molecule has 0 aliphatic rings. The van der Waals surface area contributed by atoms with Crippen LogP contribution in [0.2, 0.25) is 0 Å². The van der Waals surface area contributed by atoms with E-state index in [1.807, 2.05) is 0 Å². The van der Waals surface area contributed by atoms with E-state index in [0.29, 0.717) is 25.7 Å². The second-order valence-corrected chi connectivity index (χ2v) is 7.70. The van der Waals surface area contributed by atoms with Crippen molar-refractivity contribution in [1.82, 2.24) is 0 Å². The van der Waals surface area contributed by atoms with Crippen LogP contribution in [0, 0.1) is 0 Å². The molecule has 0 aromatic carbocycles. The van der Waals surface area contributed by atoms with Crippen molar-refractivity contribution in [1.29, 1.82) is 0 Å². The topological polar surface area (TPSA) is 77.4 Å². The minimum atomic E-state index is -4.24. The fraction of sp³-hybridized carbons (Fsp3) is 1.00. The second-order valence-electron chi connectivity index (χ2n) is 6.04. The van der Waals surface area contributed by atoms with Gasteiger partial charge in [0.15, 0.2) is 0 Å². The first-order valence-electron chi connectivity index (χ1n) is 8.54. The average molecular weight is 344 g/mol. The number of hydrogen-bond acceptors (Lipinski definition) is 4. The number of rotatable bonds is 14. The Balaban J connectivity index is 0. The van der Waals surface area contributed by atoms with Crippen LogP contribution in [0.4, 0.5) is 0 Å². The fourth-order valence-corrected chi connectivity index (χ4v) is 3.43. The normalized spacial score (nSPS) is 14.4. The number of hydrogen-bond donors (Lipinski definition) is 1. The first kappa shape index (κ1) is 25.1. The molecule has 1 N–H and O–H groups in total. The molecule has 0 aromatic heterocycles. The van der Waals surface area contributed by atoms with E-state index in [2.05, 4.69) is 13.8 Å². The molecule has 0 radical (unpaired) electrons. The van der Waals surface area contributed by atoms with E-state index in [1.165, 1.54) is 19.3 Å². The van der Waals surface area contributed by atoms with Crippen LogP contribution in [0.25, 0.3) is 0 Å². The monoisotopic (exact) mass is 344 g/mol. The standard InChI is InChI=1S/C16H34O4S.Na/c1-3-5-7-8-9-10-12-16(21(18,19)20)14-13-15(17)11-6-4-2;/h15-17H,3-14H2,1-2H3,(H,18,19,20);/q;+1/p-1. The molecule has 0 fully saturated rings. The van der Waals surface area contributed by atoms with Gasteiger partial charge in [0, 0.05) is 5.25 Å². The van der Waals surface area contributed by atoms with Crippen LogP contribution in [-0.4, -0.2) is 29.4 Å². The molecular formula is C16H33NaO4S. The fourth-order valence-electron chi connectivity index (χ4n) is 2.55. The zero-order valence-electron chi connectivity index (χ0n) is 14.7. The first-order chi connectivity index (χ1) is 9.91. The molecule has 0 saturated carbocycles. The summed E-state index contributed by atoms with van der Waals surface area (Å²) in [7, 11) is -4.24. The number of aliphatic hydroxyl groups excluding tert-OH is 1. The largest absolute Gasteiger partial charge is 1.00 e. The molecule has 4 nitrogen and oxygen atoms in total. The SMILES string of the molecule is CCCCCCCCC(CCC(O)CCCC)S(=O)(=O)[O-].[Na+]. The Morgan fingerprint density at radius 2 is 1.36 bits per heavy atom. The molecular weight excluding hydrogens is 311 g/mol. The van der Waals surface area contributed by atoms with Crippen LogP contribution in [-0.2, 0) is 10.1 Å². The van der Waals surface area contributed by atoms with Crippen molar-refractivity contribution in [3.05, 3.63) is 0 Å². The summed E-state index contributed by atoms with van der Waals surface area (Å²) in [5.74, 6) is 0. The van der Waals surface area contributed by atoms with Crippen LogP contribution in [0.1, 0.15) is 90.9 Å². The van der Waals surface area contributed by atoms with Crippen LogP contribution in [0.15, 0.2) is 0 Å². The van der Waals surface area contributed by atoms with Crippen molar-refractivity contribution in [2.45, 2.75) is 102 Å². The predicted molar refractivity (Wildman–Crippen MR) is 86.2 cm³/mol. The van der Waals surface area contributed by atoms with Crippen molar-refractivity contribution in [3.8, 4) is 0 Å². The van der Waals surface area contributed by atoms with Crippen molar-refractivity contribution >= 4 is 10.1 Å². The molecule has 128 valence electrons. The van der Waals surface area contributed by atoms with Crippen molar-refractivity contribution < 1.29 is 47.6 Å². The Morgan fingerprint density at radius 1 is 0.818 bits per heavy atom. The minimum Gasteiger partial charge on any atom is -0.748 e. The van der Waals surface area contributed by atoms with Gasteiger partial charge >= 0.3 is 29.6 Å². The zero-order valence-corrected chi connectivity index (χ0v) is 17.5. The summed E-state index contributed by atoms with van der Waals surface area (Å²) >= 11 is 0. The molecule has 0 rings (SSSR count). The molecule has 0 saturated heterocycles. The average Bonchev–Trinajstić information content (AvgIpc) is 2.42. The maximum atomic E-state index is 11.3. The van der Waals surface area contributed by atoms with E-state index in [9.17, 15) is 18.1 Å². The third-order valence-electron chi connectivity index (χ3n) is 4.00. The van der Waals surface area contributed by atoms with Gasteiger partial charge < -0.3 is 9.66 Å². The Labute approximate surface area is 159 Å². The molecule has 2 unspecified atom stereocenters. The van der Waals surface area contributed by atoms with Crippen LogP contribution < -0.4 is 29.6 Å². The van der Waals surface area contributed by atoms with E-state index < -0.39 is 21.5 Å².